The number of likely N-dealkylation sites (N-methyl/N-ethyl adjacent to an activating group) is 1. The molecule has 66 valence electrons. The maximum absolute atomic E-state index is 11.3. The highest BCUT2D eigenvalue weighted by Gasteiger charge is 2.06. The molecule has 0 atom stereocenters. The van der Waals surface area contributed by atoms with Gasteiger partial charge in [-0.05, 0) is 12.6 Å². The molecule has 0 aliphatic rings. The van der Waals surface area contributed by atoms with Gasteiger partial charge in [-0.2, -0.15) is 5.10 Å². The first-order valence-electron chi connectivity index (χ1n) is 3.97. The molecule has 12 heavy (non-hydrogen) atoms. The van der Waals surface area contributed by atoms with Crippen molar-refractivity contribution >= 4 is 5.78 Å². The van der Waals surface area contributed by atoms with E-state index in [-0.39, 0.29) is 5.78 Å². The number of aromatic nitrogens is 2. The smallest absolute Gasteiger partial charge is 0.196 e. The molecule has 1 N–H and O–H groups in total. The van der Waals surface area contributed by atoms with E-state index in [1.807, 2.05) is 6.92 Å². The molecule has 0 saturated carbocycles. The van der Waals surface area contributed by atoms with Crippen LogP contribution >= 0.6 is 0 Å². The summed E-state index contributed by atoms with van der Waals surface area (Å²) in [7, 11) is 1.80. The molecule has 0 saturated heterocycles. The van der Waals surface area contributed by atoms with E-state index in [9.17, 15) is 4.79 Å². The molecule has 4 heteroatoms. The second kappa shape index (κ2) is 4.01. The van der Waals surface area contributed by atoms with Crippen LogP contribution in [0, 0.1) is 0 Å². The van der Waals surface area contributed by atoms with Crippen molar-refractivity contribution in [3.8, 4) is 0 Å². The van der Waals surface area contributed by atoms with Gasteiger partial charge >= 0.3 is 0 Å². The van der Waals surface area contributed by atoms with Gasteiger partial charge in [0.25, 0.3) is 0 Å². The number of ketones is 1. The Kier molecular flexibility index (Phi) is 2.99. The molecule has 0 amide bonds. The minimum absolute atomic E-state index is 0.0393. The normalized spacial score (nSPS) is 10.2. The average Bonchev–Trinajstić information content (AvgIpc) is 2.47. The van der Waals surface area contributed by atoms with Crippen molar-refractivity contribution in [3.63, 3.8) is 0 Å². The number of nitrogens with zero attached hydrogens (tertiary/aromatic N) is 2. The summed E-state index contributed by atoms with van der Waals surface area (Å²) in [5, 5.41) is 6.95. The predicted molar refractivity (Wildman–Crippen MR) is 46.1 cm³/mol. The minimum Gasteiger partial charge on any atom is -0.310 e. The zero-order valence-corrected chi connectivity index (χ0v) is 7.37. The van der Waals surface area contributed by atoms with Gasteiger partial charge in [-0.15, -0.1) is 0 Å². The Balaban J connectivity index is 2.53. The summed E-state index contributed by atoms with van der Waals surface area (Å²) in [6.45, 7) is 3.14. The molecule has 0 spiro atoms. The van der Waals surface area contributed by atoms with Crippen LogP contribution in [0.2, 0.25) is 0 Å². The van der Waals surface area contributed by atoms with E-state index in [2.05, 4.69) is 10.4 Å². The van der Waals surface area contributed by atoms with Crippen molar-refractivity contribution in [1.29, 1.82) is 0 Å². The van der Waals surface area contributed by atoms with Gasteiger partial charge < -0.3 is 5.32 Å². The van der Waals surface area contributed by atoms with E-state index in [0.29, 0.717) is 12.2 Å². The van der Waals surface area contributed by atoms with E-state index in [1.165, 1.54) is 0 Å². The van der Waals surface area contributed by atoms with Crippen LogP contribution in [0.15, 0.2) is 12.3 Å². The van der Waals surface area contributed by atoms with Crippen LogP contribution in [0.3, 0.4) is 0 Å². The quantitative estimate of drug-likeness (QED) is 0.652. The fourth-order valence-electron chi connectivity index (χ4n) is 0.893. The summed E-state index contributed by atoms with van der Waals surface area (Å²) in [4.78, 5) is 11.3. The lowest BCUT2D eigenvalue weighted by Gasteiger charge is -1.96. The van der Waals surface area contributed by atoms with Crippen molar-refractivity contribution in [2.45, 2.75) is 6.92 Å². The Morgan fingerprint density at radius 3 is 3.00 bits per heavy atom. The van der Waals surface area contributed by atoms with Gasteiger partial charge in [0.2, 0.25) is 0 Å². The largest absolute Gasteiger partial charge is 0.310 e. The Morgan fingerprint density at radius 2 is 2.50 bits per heavy atom. The van der Waals surface area contributed by atoms with Crippen molar-refractivity contribution < 1.29 is 4.79 Å². The molecular weight excluding hydrogens is 154 g/mol. The van der Waals surface area contributed by atoms with Gasteiger partial charge in [0.15, 0.2) is 5.78 Å². The standard InChI is InChI=1S/C8H13N3O/c1-3-9-6-8(12)7-4-5-11(2)10-7/h4-5,9H,3,6H2,1-2H3. The van der Waals surface area contributed by atoms with Crippen LogP contribution < -0.4 is 5.32 Å². The number of carbonyl (C=O) groups excluding carboxylic acids is 1. The third-order valence-electron chi connectivity index (χ3n) is 1.53. The molecule has 1 aromatic rings. The summed E-state index contributed by atoms with van der Waals surface area (Å²) in [6.07, 6.45) is 1.76. The van der Waals surface area contributed by atoms with E-state index in [1.54, 1.807) is 24.0 Å². The van der Waals surface area contributed by atoms with Crippen LogP contribution in [0.4, 0.5) is 0 Å². The predicted octanol–water partition coefficient (Wildman–Crippen LogP) is 0.212. The fourth-order valence-corrected chi connectivity index (χ4v) is 0.893. The second-order valence-electron chi connectivity index (χ2n) is 2.58. The number of rotatable bonds is 4. The summed E-state index contributed by atoms with van der Waals surface area (Å²) in [5.41, 5.74) is 0.526. The van der Waals surface area contributed by atoms with Gasteiger partial charge in [-0.1, -0.05) is 6.92 Å². The van der Waals surface area contributed by atoms with E-state index in [4.69, 9.17) is 0 Å². The molecule has 1 aromatic heterocycles. The third-order valence-corrected chi connectivity index (χ3v) is 1.53. The Labute approximate surface area is 71.6 Å². The molecule has 0 fully saturated rings. The average molecular weight is 167 g/mol. The molecule has 0 aliphatic heterocycles. The van der Waals surface area contributed by atoms with Crippen LogP contribution in [-0.4, -0.2) is 28.7 Å². The lowest BCUT2D eigenvalue weighted by molar-refractivity contribution is 0.0986. The van der Waals surface area contributed by atoms with Crippen molar-refractivity contribution in [3.05, 3.63) is 18.0 Å². The van der Waals surface area contributed by atoms with E-state index in [0.717, 1.165) is 6.54 Å². The van der Waals surface area contributed by atoms with Gasteiger partial charge in [0, 0.05) is 13.2 Å². The van der Waals surface area contributed by atoms with Crippen LogP contribution in [0.5, 0.6) is 0 Å². The third kappa shape index (κ3) is 2.17. The molecule has 1 rings (SSSR count). The highest BCUT2D eigenvalue weighted by Crippen LogP contribution is 1.94. The molecule has 0 aromatic carbocycles. The molecule has 0 radical (unpaired) electrons. The molecule has 0 bridgehead atoms. The summed E-state index contributed by atoms with van der Waals surface area (Å²) in [6, 6.07) is 1.72. The monoisotopic (exact) mass is 167 g/mol. The first-order chi connectivity index (χ1) is 5.74. The number of hydrogen-bond acceptors (Lipinski definition) is 3. The lowest BCUT2D eigenvalue weighted by Crippen LogP contribution is -2.22. The van der Waals surface area contributed by atoms with Gasteiger partial charge in [-0.3, -0.25) is 9.48 Å². The molecule has 1 heterocycles. The van der Waals surface area contributed by atoms with Gasteiger partial charge in [0.05, 0.1) is 6.54 Å². The Bertz CT molecular complexity index is 267. The van der Waals surface area contributed by atoms with E-state index >= 15 is 0 Å². The fraction of sp³-hybridized carbons (Fsp3) is 0.500. The molecule has 0 aliphatic carbocycles. The number of carbonyl (C=O) groups is 1. The first-order valence-corrected chi connectivity index (χ1v) is 3.97. The minimum atomic E-state index is 0.0393. The van der Waals surface area contributed by atoms with Crippen molar-refractivity contribution in [1.82, 2.24) is 15.1 Å². The second-order valence-corrected chi connectivity index (χ2v) is 2.58. The van der Waals surface area contributed by atoms with Crippen molar-refractivity contribution in [2.75, 3.05) is 13.1 Å². The SMILES string of the molecule is CCNCC(=O)c1ccn(C)n1. The number of nitrogens with one attached hydrogen (secondary N) is 1. The lowest BCUT2D eigenvalue weighted by atomic mass is 10.3. The zero-order chi connectivity index (χ0) is 8.97. The maximum Gasteiger partial charge on any atom is 0.196 e. The summed E-state index contributed by atoms with van der Waals surface area (Å²) < 4.78 is 1.62. The highest BCUT2D eigenvalue weighted by molar-refractivity contribution is 5.95. The van der Waals surface area contributed by atoms with Gasteiger partial charge in [-0.25, -0.2) is 0 Å². The summed E-state index contributed by atoms with van der Waals surface area (Å²) >= 11 is 0. The first kappa shape index (κ1) is 8.93. The number of Topliss-reactive ketones (excluding diaryl/α,β-unsaturated/α-hetero) is 1. The van der Waals surface area contributed by atoms with Crippen LogP contribution in [0.1, 0.15) is 17.4 Å². The Morgan fingerprint density at radius 1 is 1.75 bits per heavy atom. The number of hydrogen-bond donors (Lipinski definition) is 1. The van der Waals surface area contributed by atoms with Crippen LogP contribution in [-0.2, 0) is 7.05 Å². The topological polar surface area (TPSA) is 46.9 Å². The van der Waals surface area contributed by atoms with E-state index < -0.39 is 0 Å². The molecule has 0 unspecified atom stereocenters. The zero-order valence-electron chi connectivity index (χ0n) is 7.37. The molecular formula is C8H13N3O. The highest BCUT2D eigenvalue weighted by atomic mass is 16.1. The summed E-state index contributed by atoms with van der Waals surface area (Å²) in [5.74, 6) is 0.0393. The molecule has 4 nitrogen and oxygen atoms in total. The number of aryl methyl sites for hydroxylation is 1. The van der Waals surface area contributed by atoms with Crippen molar-refractivity contribution in [2.24, 2.45) is 7.05 Å². The van der Waals surface area contributed by atoms with Crippen LogP contribution in [0.25, 0.3) is 0 Å². The van der Waals surface area contributed by atoms with Gasteiger partial charge in [0.1, 0.15) is 5.69 Å². The Hall–Kier alpha value is -1.16. The maximum atomic E-state index is 11.3.